The summed E-state index contributed by atoms with van der Waals surface area (Å²) in [5, 5.41) is 6.59. The van der Waals surface area contributed by atoms with Gasteiger partial charge in [-0.3, -0.25) is 4.79 Å². The largest absolute Gasteiger partial charge is 0.399 e. The third kappa shape index (κ3) is 7.59. The summed E-state index contributed by atoms with van der Waals surface area (Å²) in [5.74, 6) is -0.127. The summed E-state index contributed by atoms with van der Waals surface area (Å²) in [6, 6.07) is 0. The van der Waals surface area contributed by atoms with Crippen LogP contribution < -0.4 is 5.32 Å². The van der Waals surface area contributed by atoms with E-state index in [1.54, 1.807) is 7.05 Å². The summed E-state index contributed by atoms with van der Waals surface area (Å²) < 4.78 is 0. The first kappa shape index (κ1) is 18.2. The highest BCUT2D eigenvalue weighted by molar-refractivity contribution is 5.88. The third-order valence-electron chi connectivity index (χ3n) is 2.79. The van der Waals surface area contributed by atoms with Crippen molar-refractivity contribution < 1.29 is 9.63 Å². The quantitative estimate of drug-likeness (QED) is 0.321. The van der Waals surface area contributed by atoms with Gasteiger partial charge in [-0.2, -0.15) is 0 Å². The van der Waals surface area contributed by atoms with Crippen LogP contribution >= 0.6 is 0 Å². The number of rotatable bonds is 8. The first-order valence-electron chi connectivity index (χ1n) is 6.93. The third-order valence-corrected chi connectivity index (χ3v) is 2.79. The summed E-state index contributed by atoms with van der Waals surface area (Å²) >= 11 is 0. The Morgan fingerprint density at radius 1 is 1.45 bits per heavy atom. The Bertz CT molecular complexity index is 416. The SMILES string of the molecule is CC=C=C/C(=C\CC)CC(C/C(C)=N\OC)C(=O)NC. The van der Waals surface area contributed by atoms with Crippen molar-refractivity contribution in [2.45, 2.75) is 40.0 Å². The van der Waals surface area contributed by atoms with Gasteiger partial charge in [-0.25, -0.2) is 0 Å². The van der Waals surface area contributed by atoms with E-state index in [1.165, 1.54) is 7.11 Å². The minimum Gasteiger partial charge on any atom is -0.399 e. The van der Waals surface area contributed by atoms with Gasteiger partial charge in [0.05, 0.1) is 5.71 Å². The molecule has 0 saturated heterocycles. The van der Waals surface area contributed by atoms with E-state index in [4.69, 9.17) is 4.84 Å². The van der Waals surface area contributed by atoms with Crippen LogP contribution in [0.2, 0.25) is 0 Å². The lowest BCUT2D eigenvalue weighted by atomic mass is 9.92. The maximum Gasteiger partial charge on any atom is 0.223 e. The van der Waals surface area contributed by atoms with Crippen molar-refractivity contribution >= 4 is 11.6 Å². The summed E-state index contributed by atoms with van der Waals surface area (Å²) in [4.78, 5) is 16.7. The van der Waals surface area contributed by atoms with E-state index in [2.05, 4.69) is 29.2 Å². The van der Waals surface area contributed by atoms with E-state index in [1.807, 2.05) is 26.0 Å². The highest BCUT2D eigenvalue weighted by atomic mass is 16.6. The first-order valence-corrected chi connectivity index (χ1v) is 6.93. The smallest absolute Gasteiger partial charge is 0.223 e. The fourth-order valence-electron chi connectivity index (χ4n) is 1.95. The Balaban J connectivity index is 5.04. The average molecular weight is 278 g/mol. The van der Waals surface area contributed by atoms with Gasteiger partial charge < -0.3 is 10.2 Å². The van der Waals surface area contributed by atoms with Crippen LogP contribution in [0.3, 0.4) is 0 Å². The van der Waals surface area contributed by atoms with Crippen molar-refractivity contribution in [3.63, 3.8) is 0 Å². The average Bonchev–Trinajstić information content (AvgIpc) is 2.43. The van der Waals surface area contributed by atoms with Crippen LogP contribution in [0.15, 0.2) is 34.7 Å². The minimum absolute atomic E-state index is 0.0199. The molecule has 1 amide bonds. The van der Waals surface area contributed by atoms with Gasteiger partial charge in [-0.15, -0.1) is 5.73 Å². The summed E-state index contributed by atoms with van der Waals surface area (Å²) in [6.07, 6.45) is 8.10. The highest BCUT2D eigenvalue weighted by Gasteiger charge is 2.19. The van der Waals surface area contributed by atoms with Gasteiger partial charge in [0, 0.05) is 19.4 Å². The lowest BCUT2D eigenvalue weighted by molar-refractivity contribution is -0.124. The molecule has 0 aliphatic rings. The Morgan fingerprint density at radius 3 is 2.65 bits per heavy atom. The van der Waals surface area contributed by atoms with Crippen molar-refractivity contribution in [1.29, 1.82) is 0 Å². The van der Waals surface area contributed by atoms with Crippen LogP contribution in [0, 0.1) is 5.92 Å². The fourth-order valence-corrected chi connectivity index (χ4v) is 1.95. The summed E-state index contributed by atoms with van der Waals surface area (Å²) in [7, 11) is 3.17. The number of amides is 1. The zero-order valence-corrected chi connectivity index (χ0v) is 13.2. The Labute approximate surface area is 122 Å². The standard InChI is InChI=1S/C16H26N2O2/c1-6-8-10-14(9-7-2)12-15(16(19)17-4)11-13(3)18-20-5/h6,9-10,15H,7,11-12H2,1-5H3,(H,17,19)/b14-9+,18-13-. The van der Waals surface area contributed by atoms with Gasteiger partial charge >= 0.3 is 0 Å². The topological polar surface area (TPSA) is 50.7 Å². The predicted octanol–water partition coefficient (Wildman–Crippen LogP) is 3.22. The highest BCUT2D eigenvalue weighted by Crippen LogP contribution is 2.18. The molecule has 0 radical (unpaired) electrons. The van der Waals surface area contributed by atoms with Gasteiger partial charge in [0.1, 0.15) is 7.11 Å². The van der Waals surface area contributed by atoms with E-state index in [0.717, 1.165) is 17.7 Å². The predicted molar refractivity (Wildman–Crippen MR) is 83.6 cm³/mol. The van der Waals surface area contributed by atoms with Crippen LogP contribution in [0.5, 0.6) is 0 Å². The zero-order chi connectivity index (χ0) is 15.4. The molecule has 0 saturated carbocycles. The number of nitrogens with one attached hydrogen (secondary N) is 1. The molecule has 0 heterocycles. The molecule has 0 spiro atoms. The van der Waals surface area contributed by atoms with Crippen molar-refractivity contribution in [3.05, 3.63) is 29.5 Å². The zero-order valence-electron chi connectivity index (χ0n) is 13.2. The van der Waals surface area contributed by atoms with E-state index in [-0.39, 0.29) is 11.8 Å². The molecule has 112 valence electrons. The van der Waals surface area contributed by atoms with Crippen LogP contribution in [0.1, 0.15) is 40.0 Å². The monoisotopic (exact) mass is 278 g/mol. The Kier molecular flexibility index (Phi) is 10.1. The molecule has 0 bridgehead atoms. The normalized spacial score (nSPS) is 13.2. The molecule has 0 aliphatic carbocycles. The van der Waals surface area contributed by atoms with Gasteiger partial charge in [0.25, 0.3) is 0 Å². The minimum atomic E-state index is -0.147. The van der Waals surface area contributed by atoms with Crippen molar-refractivity contribution in [2.75, 3.05) is 14.2 Å². The number of nitrogens with zero attached hydrogens (tertiary/aromatic N) is 1. The Morgan fingerprint density at radius 2 is 2.15 bits per heavy atom. The van der Waals surface area contributed by atoms with Gasteiger partial charge in [0.15, 0.2) is 0 Å². The second-order valence-corrected chi connectivity index (χ2v) is 4.52. The molecule has 0 aromatic rings. The number of carbonyl (C=O) groups excluding carboxylic acids is 1. The van der Waals surface area contributed by atoms with Gasteiger partial charge in [0.2, 0.25) is 5.91 Å². The molecular formula is C16H26N2O2. The molecular weight excluding hydrogens is 252 g/mol. The van der Waals surface area contributed by atoms with Gasteiger partial charge in [-0.1, -0.05) is 18.2 Å². The molecule has 0 aromatic carbocycles. The molecule has 1 atom stereocenters. The Hall–Kier alpha value is -1.80. The first-order chi connectivity index (χ1) is 9.58. The van der Waals surface area contributed by atoms with Gasteiger partial charge in [-0.05, 0) is 44.4 Å². The maximum atomic E-state index is 12.0. The molecule has 4 heteroatoms. The van der Waals surface area contributed by atoms with E-state index < -0.39 is 0 Å². The fraction of sp³-hybridized carbons (Fsp3) is 0.562. The van der Waals surface area contributed by atoms with Crippen LogP contribution in [0.4, 0.5) is 0 Å². The molecule has 0 aliphatic heterocycles. The van der Waals surface area contributed by atoms with Crippen molar-refractivity contribution in [3.8, 4) is 0 Å². The van der Waals surface area contributed by atoms with E-state index in [0.29, 0.717) is 12.8 Å². The van der Waals surface area contributed by atoms with E-state index in [9.17, 15) is 4.79 Å². The second kappa shape index (κ2) is 11.1. The number of carbonyl (C=O) groups is 1. The lowest BCUT2D eigenvalue weighted by Gasteiger charge is -2.15. The van der Waals surface area contributed by atoms with Crippen LogP contribution in [-0.4, -0.2) is 25.8 Å². The molecule has 1 N–H and O–H groups in total. The van der Waals surface area contributed by atoms with Crippen LogP contribution in [0.25, 0.3) is 0 Å². The molecule has 0 fully saturated rings. The lowest BCUT2D eigenvalue weighted by Crippen LogP contribution is -2.29. The summed E-state index contributed by atoms with van der Waals surface area (Å²) in [6.45, 7) is 5.87. The van der Waals surface area contributed by atoms with E-state index >= 15 is 0 Å². The number of hydrogen-bond acceptors (Lipinski definition) is 3. The molecule has 0 aromatic heterocycles. The molecule has 4 nitrogen and oxygen atoms in total. The molecule has 0 rings (SSSR count). The molecule has 1 unspecified atom stereocenters. The number of hydrogen-bond donors (Lipinski definition) is 1. The molecule has 20 heavy (non-hydrogen) atoms. The van der Waals surface area contributed by atoms with Crippen LogP contribution in [-0.2, 0) is 9.63 Å². The summed E-state index contributed by atoms with van der Waals surface area (Å²) in [5.41, 5.74) is 5.00. The van der Waals surface area contributed by atoms with Crippen molar-refractivity contribution in [2.24, 2.45) is 11.1 Å². The van der Waals surface area contributed by atoms with Crippen molar-refractivity contribution in [1.82, 2.24) is 5.32 Å². The maximum absolute atomic E-state index is 12.0. The second-order valence-electron chi connectivity index (χ2n) is 4.52. The number of oxime groups is 1. The number of allylic oxidation sites excluding steroid dienone is 3.